The van der Waals surface area contributed by atoms with Crippen LogP contribution >= 0.6 is 11.6 Å². The Labute approximate surface area is 407 Å². The van der Waals surface area contributed by atoms with Crippen LogP contribution in [0.3, 0.4) is 0 Å². The highest BCUT2D eigenvalue weighted by atomic mass is 35.5. The van der Waals surface area contributed by atoms with Gasteiger partial charge in [0.2, 0.25) is 11.9 Å². The van der Waals surface area contributed by atoms with Crippen LogP contribution in [0.4, 0.5) is 5.95 Å². The number of carbonyl (C=O) groups excluding carboxylic acids is 2. The summed E-state index contributed by atoms with van der Waals surface area (Å²) in [6.45, 7) is 14.6. The van der Waals surface area contributed by atoms with Crippen molar-refractivity contribution in [3.05, 3.63) is 112 Å². The first kappa shape index (κ1) is 45.0. The molecule has 1 N–H and O–H groups in total. The van der Waals surface area contributed by atoms with Gasteiger partial charge in [-0.05, 0) is 73.7 Å². The van der Waals surface area contributed by atoms with Crippen molar-refractivity contribution in [3.63, 3.8) is 0 Å². The molecule has 4 aromatic heterocycles. The fraction of sp³-hybridized carbons (Fsp3) is 0.444. The molecule has 2 saturated carbocycles. The average Bonchev–Trinajstić information content (AvgIpc) is 3.71. The molecule has 4 fully saturated rings. The lowest BCUT2D eigenvalue weighted by Crippen LogP contribution is -2.74. The number of pyridine rings is 2. The molecule has 15 heteroatoms. The van der Waals surface area contributed by atoms with Crippen molar-refractivity contribution < 1.29 is 19.1 Å². The molecule has 6 aromatic rings. The molecule has 2 saturated heterocycles. The van der Waals surface area contributed by atoms with Gasteiger partial charge < -0.3 is 24.6 Å². The topological polar surface area (TPSA) is 164 Å². The molecule has 0 radical (unpaired) electrons. The molecule has 2 amide bonds. The molecule has 0 bridgehead atoms. The number of aromatic nitrogens is 6. The van der Waals surface area contributed by atoms with E-state index >= 15 is 0 Å². The van der Waals surface area contributed by atoms with Crippen molar-refractivity contribution in [3.8, 4) is 34.3 Å². The number of hydrogen-bond donors (Lipinski definition) is 1. The van der Waals surface area contributed by atoms with Gasteiger partial charge in [-0.1, -0.05) is 57.5 Å². The van der Waals surface area contributed by atoms with E-state index in [1.54, 1.807) is 37.5 Å². The summed E-state index contributed by atoms with van der Waals surface area (Å²) in [7, 11) is 0. The first-order chi connectivity index (χ1) is 33.2. The number of nitrogens with one attached hydrogen (secondary N) is 1. The van der Waals surface area contributed by atoms with E-state index in [-0.39, 0.29) is 40.2 Å². The SMILES string of the molecule is CC(=O)N1CCc2c(c(-c3cccc4cc(-c5ccc(CC6CC7(C6)CN(c6ncc(C(=O)NC8C(C)(C)C(Oc9ccc(C#N)c(Cl)c9)C8(C)C)cn6)C7)nc5)ncc34)nn2C2CCOCC2)C1. The third kappa shape index (κ3) is 8.07. The van der Waals surface area contributed by atoms with E-state index < -0.39 is 0 Å². The second kappa shape index (κ2) is 17.2. The second-order valence-corrected chi connectivity index (χ2v) is 21.7. The molecular formula is C54H57ClN10O4. The zero-order valence-corrected chi connectivity index (χ0v) is 40.6. The summed E-state index contributed by atoms with van der Waals surface area (Å²) in [6.07, 6.45) is 12.9. The van der Waals surface area contributed by atoms with Crippen LogP contribution in [-0.2, 0) is 28.9 Å². The van der Waals surface area contributed by atoms with E-state index in [1.165, 1.54) is 5.69 Å². The maximum absolute atomic E-state index is 13.5. The van der Waals surface area contributed by atoms with Gasteiger partial charge in [0.25, 0.3) is 5.91 Å². The quantitative estimate of drug-likeness (QED) is 0.140. The third-order valence-electron chi connectivity index (χ3n) is 15.8. The van der Waals surface area contributed by atoms with Crippen molar-refractivity contribution in [2.24, 2.45) is 22.2 Å². The van der Waals surface area contributed by atoms with Gasteiger partial charge in [0.05, 0.1) is 33.6 Å². The van der Waals surface area contributed by atoms with E-state index in [9.17, 15) is 14.9 Å². The standard InChI is InChI=1S/C54H57ClN10O4/c1-32(66)63-16-13-46-43(29-63)47(62-65(46)39-14-17-68-18-15-39)41-8-6-7-34-20-45(58-28-42(34)41)36-9-11-38(57-25-36)19-33-22-54(23-33)30-64(31-54)51-59-26-37(27-60-51)48(67)61-49-52(2,3)50(53(49,4)5)69-40-12-10-35(24-56)44(55)21-40/h6-12,20-21,25-28,33,39,49-50H,13-19,22-23,29-31H2,1-5H3,(H,61,67). The number of nitrogens with zero attached hydrogens (tertiary/aromatic N) is 9. The number of halogens is 1. The Kier molecular flexibility index (Phi) is 11.2. The maximum atomic E-state index is 13.5. The van der Waals surface area contributed by atoms with E-state index in [0.717, 1.165) is 109 Å². The van der Waals surface area contributed by atoms with Crippen LogP contribution in [0.2, 0.25) is 5.02 Å². The number of benzene rings is 2. The minimum absolute atomic E-state index is 0.0891. The second-order valence-electron chi connectivity index (χ2n) is 21.3. The van der Waals surface area contributed by atoms with E-state index in [0.29, 0.717) is 52.9 Å². The van der Waals surface area contributed by atoms with Gasteiger partial charge in [0.1, 0.15) is 17.9 Å². The molecule has 3 aliphatic heterocycles. The van der Waals surface area contributed by atoms with Gasteiger partial charge in [-0.15, -0.1) is 0 Å². The minimum Gasteiger partial charge on any atom is -0.489 e. The number of ether oxygens (including phenoxy) is 2. The Morgan fingerprint density at radius 1 is 0.942 bits per heavy atom. The number of rotatable bonds is 10. The van der Waals surface area contributed by atoms with E-state index in [2.05, 4.69) is 95.0 Å². The fourth-order valence-electron chi connectivity index (χ4n) is 12.6. The van der Waals surface area contributed by atoms with Crippen LogP contribution in [0.1, 0.15) is 99.2 Å². The van der Waals surface area contributed by atoms with Gasteiger partial charge >= 0.3 is 0 Å². The molecule has 14 nitrogen and oxygen atoms in total. The first-order valence-electron chi connectivity index (χ1n) is 24.2. The lowest BCUT2D eigenvalue weighted by atomic mass is 9.49. The molecule has 7 heterocycles. The molecule has 0 unspecified atom stereocenters. The van der Waals surface area contributed by atoms with Crippen LogP contribution in [0, 0.1) is 33.5 Å². The molecule has 2 aliphatic carbocycles. The predicted molar refractivity (Wildman–Crippen MR) is 263 cm³/mol. The number of nitriles is 1. The Hall–Kier alpha value is -6.43. The minimum atomic E-state index is -0.379. The highest BCUT2D eigenvalue weighted by Gasteiger charge is 2.64. The summed E-state index contributed by atoms with van der Waals surface area (Å²) in [5.41, 5.74) is 7.65. The zero-order valence-electron chi connectivity index (χ0n) is 39.8. The fourth-order valence-corrected chi connectivity index (χ4v) is 12.8. The Morgan fingerprint density at radius 2 is 1.71 bits per heavy atom. The number of hydrogen-bond acceptors (Lipinski definition) is 11. The van der Waals surface area contributed by atoms with Crippen LogP contribution in [0.25, 0.3) is 33.3 Å². The number of amides is 2. The molecule has 354 valence electrons. The Balaban J connectivity index is 0.684. The number of fused-ring (bicyclic) bond motifs is 2. The lowest BCUT2D eigenvalue weighted by molar-refractivity contribution is -0.164. The Morgan fingerprint density at radius 3 is 2.41 bits per heavy atom. The lowest BCUT2D eigenvalue weighted by Gasteiger charge is -2.63. The monoisotopic (exact) mass is 944 g/mol. The summed E-state index contributed by atoms with van der Waals surface area (Å²) >= 11 is 6.27. The van der Waals surface area contributed by atoms with Crippen LogP contribution in [0.5, 0.6) is 5.75 Å². The van der Waals surface area contributed by atoms with Gasteiger partial charge in [-0.3, -0.25) is 24.2 Å². The van der Waals surface area contributed by atoms with Crippen molar-refractivity contribution >= 4 is 40.1 Å². The molecular weight excluding hydrogens is 888 g/mol. The smallest absolute Gasteiger partial charge is 0.254 e. The summed E-state index contributed by atoms with van der Waals surface area (Å²) < 4.78 is 14.3. The molecule has 0 atom stereocenters. The molecule has 69 heavy (non-hydrogen) atoms. The van der Waals surface area contributed by atoms with Crippen molar-refractivity contribution in [2.45, 2.75) is 97.9 Å². The van der Waals surface area contributed by atoms with Crippen molar-refractivity contribution in [2.75, 3.05) is 37.7 Å². The number of carbonyl (C=O) groups is 2. The molecule has 11 rings (SSSR count). The summed E-state index contributed by atoms with van der Waals surface area (Å²) in [6, 6.07) is 20.1. The van der Waals surface area contributed by atoms with Crippen LogP contribution in [-0.4, -0.2) is 91.4 Å². The summed E-state index contributed by atoms with van der Waals surface area (Å²) in [5.74, 6) is 1.69. The van der Waals surface area contributed by atoms with Gasteiger partial charge in [0.15, 0.2) is 0 Å². The highest BCUT2D eigenvalue weighted by Crippen LogP contribution is 2.56. The molecule has 2 aromatic carbocycles. The van der Waals surface area contributed by atoms with Crippen LogP contribution in [0.15, 0.2) is 79.4 Å². The third-order valence-corrected chi connectivity index (χ3v) is 16.1. The molecule has 1 spiro atoms. The summed E-state index contributed by atoms with van der Waals surface area (Å²) in [5, 5.41) is 20.2. The van der Waals surface area contributed by atoms with Crippen molar-refractivity contribution in [1.82, 2.24) is 39.9 Å². The highest BCUT2D eigenvalue weighted by molar-refractivity contribution is 6.31. The largest absolute Gasteiger partial charge is 0.489 e. The van der Waals surface area contributed by atoms with Gasteiger partial charge in [-0.25, -0.2) is 9.97 Å². The van der Waals surface area contributed by atoms with E-state index in [1.807, 2.05) is 17.3 Å². The normalized spacial score (nSPS) is 21.4. The van der Waals surface area contributed by atoms with E-state index in [4.69, 9.17) is 36.1 Å². The molecule has 5 aliphatic rings. The average molecular weight is 946 g/mol. The van der Waals surface area contributed by atoms with Crippen LogP contribution < -0.4 is 15.0 Å². The summed E-state index contributed by atoms with van der Waals surface area (Å²) in [4.78, 5) is 49.2. The van der Waals surface area contributed by atoms with Gasteiger partial charge in [-0.2, -0.15) is 10.4 Å². The predicted octanol–water partition coefficient (Wildman–Crippen LogP) is 8.80. The van der Waals surface area contributed by atoms with Gasteiger partial charge in [0, 0.05) is 139 Å². The first-order valence-corrected chi connectivity index (χ1v) is 24.6. The van der Waals surface area contributed by atoms with Crippen molar-refractivity contribution in [1.29, 1.82) is 5.26 Å². The Bertz CT molecular complexity index is 3000. The maximum Gasteiger partial charge on any atom is 0.254 e. The number of anilines is 1. The zero-order chi connectivity index (χ0) is 47.8.